The molecule has 0 aliphatic rings. The molecule has 18 heavy (non-hydrogen) atoms. The van der Waals surface area contributed by atoms with Crippen LogP contribution in [0.1, 0.15) is 45.6 Å². The number of unbranched alkanes of at least 4 members (excludes halogenated alkanes) is 1. The van der Waals surface area contributed by atoms with E-state index in [1.165, 1.54) is 5.56 Å². The summed E-state index contributed by atoms with van der Waals surface area (Å²) in [7, 11) is 0. The molecule has 0 spiro atoms. The van der Waals surface area contributed by atoms with Gasteiger partial charge in [-0.05, 0) is 36.0 Å². The van der Waals surface area contributed by atoms with E-state index in [0.717, 1.165) is 18.6 Å². The van der Waals surface area contributed by atoms with Crippen molar-refractivity contribution in [1.29, 1.82) is 5.41 Å². The zero-order valence-corrected chi connectivity index (χ0v) is 11.6. The van der Waals surface area contributed by atoms with E-state index >= 15 is 0 Å². The Morgan fingerprint density at radius 1 is 1.28 bits per heavy atom. The van der Waals surface area contributed by atoms with Crippen molar-refractivity contribution in [3.05, 3.63) is 29.8 Å². The SMILES string of the molecule is CC(C)(C)c1cccc(OCCCCC(=N)N)c1. The van der Waals surface area contributed by atoms with Crippen LogP contribution in [0.25, 0.3) is 0 Å². The van der Waals surface area contributed by atoms with E-state index in [2.05, 4.69) is 32.9 Å². The van der Waals surface area contributed by atoms with Gasteiger partial charge < -0.3 is 10.5 Å². The van der Waals surface area contributed by atoms with Gasteiger partial charge in [-0.3, -0.25) is 5.41 Å². The van der Waals surface area contributed by atoms with E-state index in [1.807, 2.05) is 12.1 Å². The van der Waals surface area contributed by atoms with Crippen LogP contribution in [-0.4, -0.2) is 12.4 Å². The number of nitrogens with one attached hydrogen (secondary N) is 1. The van der Waals surface area contributed by atoms with E-state index in [0.29, 0.717) is 13.0 Å². The zero-order valence-electron chi connectivity index (χ0n) is 11.6. The van der Waals surface area contributed by atoms with Crippen molar-refractivity contribution in [2.24, 2.45) is 5.73 Å². The van der Waals surface area contributed by atoms with Gasteiger partial charge in [0.1, 0.15) is 5.75 Å². The standard InChI is InChI=1S/C15H24N2O/c1-15(2,3)12-7-6-8-13(11-12)18-10-5-4-9-14(16)17/h6-8,11H,4-5,9-10H2,1-3H3,(H3,16,17). The van der Waals surface area contributed by atoms with Gasteiger partial charge in [0.05, 0.1) is 12.4 Å². The van der Waals surface area contributed by atoms with Crippen LogP contribution >= 0.6 is 0 Å². The fourth-order valence-corrected chi connectivity index (χ4v) is 1.66. The summed E-state index contributed by atoms with van der Waals surface area (Å²) in [5, 5.41) is 7.13. The fourth-order valence-electron chi connectivity index (χ4n) is 1.66. The summed E-state index contributed by atoms with van der Waals surface area (Å²) in [4.78, 5) is 0. The molecular weight excluding hydrogens is 224 g/mol. The lowest BCUT2D eigenvalue weighted by molar-refractivity contribution is 0.307. The molecule has 1 aromatic carbocycles. The van der Waals surface area contributed by atoms with E-state index in [-0.39, 0.29) is 11.3 Å². The summed E-state index contributed by atoms with van der Waals surface area (Å²) in [5.41, 5.74) is 6.72. The minimum atomic E-state index is 0.147. The van der Waals surface area contributed by atoms with Gasteiger partial charge in [-0.15, -0.1) is 0 Å². The molecule has 100 valence electrons. The molecule has 3 N–H and O–H groups in total. The quantitative estimate of drug-likeness (QED) is 0.460. The lowest BCUT2D eigenvalue weighted by Crippen LogP contribution is -2.11. The second-order valence-electron chi connectivity index (χ2n) is 5.61. The van der Waals surface area contributed by atoms with Crippen LogP contribution in [0.5, 0.6) is 5.75 Å². The van der Waals surface area contributed by atoms with Crippen molar-refractivity contribution < 1.29 is 4.74 Å². The van der Waals surface area contributed by atoms with E-state index in [1.54, 1.807) is 0 Å². The van der Waals surface area contributed by atoms with Crippen molar-refractivity contribution in [2.45, 2.75) is 45.4 Å². The minimum absolute atomic E-state index is 0.147. The third-order valence-corrected chi connectivity index (χ3v) is 2.81. The Morgan fingerprint density at radius 2 is 2.00 bits per heavy atom. The Labute approximate surface area is 110 Å². The van der Waals surface area contributed by atoms with Crippen LogP contribution in [0.15, 0.2) is 24.3 Å². The molecule has 0 aliphatic heterocycles. The number of hydrogen-bond acceptors (Lipinski definition) is 2. The van der Waals surface area contributed by atoms with Gasteiger partial charge in [-0.1, -0.05) is 32.9 Å². The number of rotatable bonds is 6. The molecule has 0 bridgehead atoms. The Hall–Kier alpha value is -1.51. The van der Waals surface area contributed by atoms with Crippen LogP contribution in [-0.2, 0) is 5.41 Å². The number of ether oxygens (including phenoxy) is 1. The van der Waals surface area contributed by atoms with Gasteiger partial charge >= 0.3 is 0 Å². The average Bonchev–Trinajstić information content (AvgIpc) is 2.27. The number of nitrogens with two attached hydrogens (primary N) is 1. The first kappa shape index (κ1) is 14.6. The number of hydrogen-bond donors (Lipinski definition) is 2. The monoisotopic (exact) mass is 248 g/mol. The van der Waals surface area contributed by atoms with Crippen molar-refractivity contribution in [1.82, 2.24) is 0 Å². The summed E-state index contributed by atoms with van der Waals surface area (Å²) < 4.78 is 5.71. The highest BCUT2D eigenvalue weighted by atomic mass is 16.5. The first-order valence-corrected chi connectivity index (χ1v) is 6.46. The molecule has 0 aromatic heterocycles. The van der Waals surface area contributed by atoms with Crippen LogP contribution in [0.4, 0.5) is 0 Å². The third-order valence-electron chi connectivity index (χ3n) is 2.81. The molecule has 0 radical (unpaired) electrons. The largest absolute Gasteiger partial charge is 0.494 e. The topological polar surface area (TPSA) is 59.1 Å². The maximum absolute atomic E-state index is 7.13. The van der Waals surface area contributed by atoms with E-state index in [4.69, 9.17) is 15.9 Å². The third kappa shape index (κ3) is 5.21. The molecule has 0 amide bonds. The fraction of sp³-hybridized carbons (Fsp3) is 0.533. The maximum atomic E-state index is 7.13. The van der Waals surface area contributed by atoms with Gasteiger partial charge in [-0.2, -0.15) is 0 Å². The predicted molar refractivity (Wildman–Crippen MR) is 76.4 cm³/mol. The minimum Gasteiger partial charge on any atom is -0.494 e. The van der Waals surface area contributed by atoms with Crippen molar-refractivity contribution in [2.75, 3.05) is 6.61 Å². The Morgan fingerprint density at radius 3 is 2.61 bits per heavy atom. The Kier molecular flexibility index (Phi) is 5.20. The van der Waals surface area contributed by atoms with E-state index in [9.17, 15) is 0 Å². The van der Waals surface area contributed by atoms with Crippen molar-refractivity contribution >= 4 is 5.84 Å². The molecule has 3 nitrogen and oxygen atoms in total. The van der Waals surface area contributed by atoms with Crippen molar-refractivity contribution in [3.63, 3.8) is 0 Å². The molecule has 0 unspecified atom stereocenters. The highest BCUT2D eigenvalue weighted by molar-refractivity contribution is 5.76. The summed E-state index contributed by atoms with van der Waals surface area (Å²) in [6, 6.07) is 8.25. The maximum Gasteiger partial charge on any atom is 0.119 e. The molecule has 1 aromatic rings. The Bertz CT molecular complexity index is 394. The number of amidine groups is 1. The van der Waals surface area contributed by atoms with Crippen LogP contribution in [0, 0.1) is 5.41 Å². The highest BCUT2D eigenvalue weighted by Gasteiger charge is 2.13. The molecule has 0 fully saturated rings. The van der Waals surface area contributed by atoms with Crippen molar-refractivity contribution in [3.8, 4) is 5.75 Å². The molecule has 0 saturated heterocycles. The normalized spacial score (nSPS) is 11.3. The highest BCUT2D eigenvalue weighted by Crippen LogP contribution is 2.25. The van der Waals surface area contributed by atoms with Gasteiger partial charge in [0, 0.05) is 6.42 Å². The second-order valence-corrected chi connectivity index (χ2v) is 5.61. The summed E-state index contributed by atoms with van der Waals surface area (Å²) in [6.45, 7) is 7.26. The molecule has 0 aliphatic carbocycles. The molecule has 0 saturated carbocycles. The van der Waals surface area contributed by atoms with Gasteiger partial charge in [0.25, 0.3) is 0 Å². The van der Waals surface area contributed by atoms with Crippen LogP contribution in [0.2, 0.25) is 0 Å². The molecule has 0 heterocycles. The molecule has 1 rings (SSSR count). The summed E-state index contributed by atoms with van der Waals surface area (Å²) in [6.07, 6.45) is 2.50. The van der Waals surface area contributed by atoms with Crippen LogP contribution < -0.4 is 10.5 Å². The second kappa shape index (κ2) is 6.43. The predicted octanol–water partition coefficient (Wildman–Crippen LogP) is 3.47. The van der Waals surface area contributed by atoms with Gasteiger partial charge in [0.15, 0.2) is 0 Å². The first-order chi connectivity index (χ1) is 8.39. The first-order valence-electron chi connectivity index (χ1n) is 6.46. The lowest BCUT2D eigenvalue weighted by Gasteiger charge is -2.19. The van der Waals surface area contributed by atoms with Gasteiger partial charge in [-0.25, -0.2) is 0 Å². The molecule has 0 atom stereocenters. The zero-order chi connectivity index (χ0) is 13.6. The van der Waals surface area contributed by atoms with Gasteiger partial charge in [0.2, 0.25) is 0 Å². The molecule has 3 heteroatoms. The Balaban J connectivity index is 2.41. The average molecular weight is 248 g/mol. The van der Waals surface area contributed by atoms with E-state index < -0.39 is 0 Å². The lowest BCUT2D eigenvalue weighted by atomic mass is 9.87. The summed E-state index contributed by atoms with van der Waals surface area (Å²) in [5.74, 6) is 1.18. The molecular formula is C15H24N2O. The van der Waals surface area contributed by atoms with Crippen LogP contribution in [0.3, 0.4) is 0 Å². The summed E-state index contributed by atoms with van der Waals surface area (Å²) >= 11 is 0. The smallest absolute Gasteiger partial charge is 0.119 e. The number of benzene rings is 1.